The van der Waals surface area contributed by atoms with Crippen LogP contribution in [0.2, 0.25) is 0 Å². The number of carbonyl (C=O) groups excluding carboxylic acids is 2. The molecule has 3 heterocycles. The van der Waals surface area contributed by atoms with Gasteiger partial charge in [-0.05, 0) is 6.92 Å². The van der Waals surface area contributed by atoms with Gasteiger partial charge in [0.25, 0.3) is 5.60 Å². The third kappa shape index (κ3) is 4.43. The molecule has 2 aromatic rings. The standard InChI is InChI=1S/C28H33ClNO5/c1-20(29)33-27(32)35-28(21-10-4-2-5-11-21,22-12-6-3-7-13-22)26(31)34-25-18-23-14-15-24(19-25)30(23)16-8-9-17-30/h2-7,10-13,20,23-25H,8-9,14-19H2,1H3/q+1/t20-,23?,24?,25?/m1/s1. The predicted octanol–water partition coefficient (Wildman–Crippen LogP) is 5.52. The van der Waals surface area contributed by atoms with E-state index in [-0.39, 0.29) is 6.10 Å². The molecule has 186 valence electrons. The summed E-state index contributed by atoms with van der Waals surface area (Å²) in [7, 11) is 0. The van der Waals surface area contributed by atoms with Crippen LogP contribution in [0.1, 0.15) is 56.6 Å². The minimum absolute atomic E-state index is 0.206. The number of nitrogens with zero attached hydrogens (tertiary/aromatic N) is 1. The lowest BCUT2D eigenvalue weighted by atomic mass is 9.85. The van der Waals surface area contributed by atoms with E-state index in [2.05, 4.69) is 0 Å². The van der Waals surface area contributed by atoms with Gasteiger partial charge >= 0.3 is 12.1 Å². The Bertz CT molecular complexity index is 982. The first-order valence-corrected chi connectivity index (χ1v) is 13.1. The molecule has 0 N–H and O–H groups in total. The number of esters is 1. The molecule has 3 saturated heterocycles. The highest BCUT2D eigenvalue weighted by molar-refractivity contribution is 6.19. The molecule has 3 fully saturated rings. The Morgan fingerprint density at radius 1 is 0.914 bits per heavy atom. The molecule has 5 rings (SSSR count). The smallest absolute Gasteiger partial charge is 0.458 e. The fraction of sp³-hybridized carbons (Fsp3) is 0.500. The zero-order valence-corrected chi connectivity index (χ0v) is 20.9. The lowest BCUT2D eigenvalue weighted by molar-refractivity contribution is -0.956. The van der Waals surface area contributed by atoms with Crippen molar-refractivity contribution in [3.63, 3.8) is 0 Å². The third-order valence-electron chi connectivity index (χ3n) is 8.17. The van der Waals surface area contributed by atoms with Gasteiger partial charge in [0, 0.05) is 49.7 Å². The molecule has 6 nitrogen and oxygen atoms in total. The molecule has 2 bridgehead atoms. The Balaban J connectivity index is 1.48. The van der Waals surface area contributed by atoms with E-state index >= 15 is 0 Å². The molecular formula is C28H33ClNO5+. The summed E-state index contributed by atoms with van der Waals surface area (Å²) >= 11 is 5.89. The molecular weight excluding hydrogens is 466 g/mol. The normalized spacial score (nSPS) is 25.7. The second-order valence-corrected chi connectivity index (χ2v) is 10.7. The Hall–Kier alpha value is -2.57. The van der Waals surface area contributed by atoms with Crippen molar-refractivity contribution in [2.75, 3.05) is 13.1 Å². The largest absolute Gasteiger partial charge is 0.511 e. The van der Waals surface area contributed by atoms with Crippen molar-refractivity contribution in [1.82, 2.24) is 0 Å². The van der Waals surface area contributed by atoms with Gasteiger partial charge in [-0.3, -0.25) is 0 Å². The molecule has 3 atom stereocenters. The van der Waals surface area contributed by atoms with Crippen LogP contribution in [0.4, 0.5) is 4.79 Å². The van der Waals surface area contributed by atoms with Gasteiger partial charge in [-0.25, -0.2) is 9.59 Å². The second-order valence-electron chi connectivity index (χ2n) is 10.1. The Kier molecular flexibility index (Phi) is 6.78. The first-order chi connectivity index (χ1) is 16.9. The van der Waals surface area contributed by atoms with Crippen molar-refractivity contribution < 1.29 is 28.3 Å². The van der Waals surface area contributed by atoms with Gasteiger partial charge in [0.05, 0.1) is 25.2 Å². The number of hydrogen-bond acceptors (Lipinski definition) is 5. The quantitative estimate of drug-likeness (QED) is 0.298. The molecule has 2 aromatic carbocycles. The number of carbonyl (C=O) groups is 2. The molecule has 2 unspecified atom stereocenters. The monoisotopic (exact) mass is 498 g/mol. The molecule has 0 aromatic heterocycles. The summed E-state index contributed by atoms with van der Waals surface area (Å²) in [6.07, 6.45) is 5.44. The maximum absolute atomic E-state index is 14.1. The minimum atomic E-state index is -1.80. The van der Waals surface area contributed by atoms with E-state index in [4.69, 9.17) is 25.8 Å². The van der Waals surface area contributed by atoms with E-state index in [0.29, 0.717) is 23.2 Å². The average Bonchev–Trinajstić information content (AvgIpc) is 3.39. The van der Waals surface area contributed by atoms with Gasteiger partial charge < -0.3 is 18.7 Å². The van der Waals surface area contributed by atoms with E-state index in [9.17, 15) is 9.59 Å². The van der Waals surface area contributed by atoms with Crippen LogP contribution in [0.25, 0.3) is 0 Å². The Morgan fingerprint density at radius 3 is 1.91 bits per heavy atom. The van der Waals surface area contributed by atoms with Crippen molar-refractivity contribution >= 4 is 23.7 Å². The number of benzene rings is 2. The van der Waals surface area contributed by atoms with Crippen LogP contribution in [-0.2, 0) is 24.6 Å². The summed E-state index contributed by atoms with van der Waals surface area (Å²) in [5.41, 5.74) is -1.71. The highest BCUT2D eigenvalue weighted by Gasteiger charge is 2.57. The van der Waals surface area contributed by atoms with Gasteiger partial charge in [-0.2, -0.15) is 0 Å². The lowest BCUT2D eigenvalue weighted by Gasteiger charge is -2.47. The molecule has 0 saturated carbocycles. The first-order valence-electron chi connectivity index (χ1n) is 12.7. The van der Waals surface area contributed by atoms with Crippen molar-refractivity contribution in [2.45, 2.75) is 74.8 Å². The first kappa shape index (κ1) is 24.1. The fourth-order valence-electron chi connectivity index (χ4n) is 6.73. The van der Waals surface area contributed by atoms with Crippen molar-refractivity contribution in [2.24, 2.45) is 0 Å². The maximum atomic E-state index is 14.1. The number of alkyl halides is 1. The number of rotatable bonds is 6. The number of ether oxygens (including phenoxy) is 3. The number of quaternary nitrogens is 1. The maximum Gasteiger partial charge on any atom is 0.511 e. The van der Waals surface area contributed by atoms with E-state index in [0.717, 1.165) is 12.8 Å². The molecule has 0 amide bonds. The number of halogens is 1. The van der Waals surface area contributed by atoms with Crippen molar-refractivity contribution in [1.29, 1.82) is 0 Å². The van der Waals surface area contributed by atoms with E-state index < -0.39 is 23.3 Å². The highest BCUT2D eigenvalue weighted by atomic mass is 35.5. The highest BCUT2D eigenvalue weighted by Crippen LogP contribution is 2.47. The van der Waals surface area contributed by atoms with Crippen LogP contribution in [0, 0.1) is 0 Å². The fourth-order valence-corrected chi connectivity index (χ4v) is 6.80. The Labute approximate surface area is 211 Å². The van der Waals surface area contributed by atoms with E-state index in [1.807, 2.05) is 12.1 Å². The molecule has 35 heavy (non-hydrogen) atoms. The zero-order valence-electron chi connectivity index (χ0n) is 20.1. The SMILES string of the molecule is C[C@H](Cl)OC(=O)OC(C(=O)OC1CC2CCC(C1)[N+]21CCCC1)(c1ccccc1)c1ccccc1. The van der Waals surface area contributed by atoms with Gasteiger partial charge in [0.2, 0.25) is 0 Å². The number of hydrogen-bond donors (Lipinski definition) is 0. The summed E-state index contributed by atoms with van der Waals surface area (Å²) in [6.45, 7) is 4.02. The van der Waals surface area contributed by atoms with Crippen LogP contribution in [-0.4, -0.2) is 53.4 Å². The summed E-state index contributed by atoms with van der Waals surface area (Å²) in [5.74, 6) is -0.603. The van der Waals surface area contributed by atoms with Crippen LogP contribution in [0.15, 0.2) is 60.7 Å². The van der Waals surface area contributed by atoms with Gasteiger partial charge in [-0.1, -0.05) is 72.3 Å². The second kappa shape index (κ2) is 9.82. The van der Waals surface area contributed by atoms with Gasteiger partial charge in [0.15, 0.2) is 5.56 Å². The molecule has 3 aliphatic heterocycles. The average molecular weight is 499 g/mol. The number of piperidine rings is 1. The van der Waals surface area contributed by atoms with Gasteiger partial charge in [-0.15, -0.1) is 0 Å². The summed E-state index contributed by atoms with van der Waals surface area (Å²) in [5, 5.41) is 0. The van der Waals surface area contributed by atoms with Crippen LogP contribution >= 0.6 is 11.6 Å². The van der Waals surface area contributed by atoms with E-state index in [1.165, 1.54) is 50.2 Å². The van der Waals surface area contributed by atoms with Crippen LogP contribution in [0.5, 0.6) is 0 Å². The molecule has 3 aliphatic rings. The summed E-state index contributed by atoms with van der Waals surface area (Å²) in [4.78, 5) is 26.9. The third-order valence-corrected chi connectivity index (χ3v) is 8.26. The zero-order chi connectivity index (χ0) is 24.5. The molecule has 7 heteroatoms. The molecule has 0 radical (unpaired) electrons. The summed E-state index contributed by atoms with van der Waals surface area (Å²) < 4.78 is 18.4. The van der Waals surface area contributed by atoms with Crippen LogP contribution < -0.4 is 0 Å². The molecule has 0 aliphatic carbocycles. The van der Waals surface area contributed by atoms with Crippen LogP contribution in [0.3, 0.4) is 0 Å². The lowest BCUT2D eigenvalue weighted by Crippen LogP contribution is -2.60. The molecule has 1 spiro atoms. The van der Waals surface area contributed by atoms with Gasteiger partial charge in [0.1, 0.15) is 6.10 Å². The van der Waals surface area contributed by atoms with E-state index in [1.54, 1.807) is 48.5 Å². The predicted molar refractivity (Wildman–Crippen MR) is 132 cm³/mol. The Morgan fingerprint density at radius 2 is 1.43 bits per heavy atom. The minimum Gasteiger partial charge on any atom is -0.458 e. The van der Waals surface area contributed by atoms with Crippen molar-refractivity contribution in [3.05, 3.63) is 71.8 Å². The van der Waals surface area contributed by atoms with Crippen molar-refractivity contribution in [3.8, 4) is 0 Å². The summed E-state index contributed by atoms with van der Waals surface area (Å²) in [6, 6.07) is 19.1. The topological polar surface area (TPSA) is 61.8 Å².